The summed E-state index contributed by atoms with van der Waals surface area (Å²) in [5.41, 5.74) is 2.06. The van der Waals surface area contributed by atoms with Gasteiger partial charge >= 0.3 is 12.1 Å². The zero-order valence-corrected chi connectivity index (χ0v) is 21.0. The summed E-state index contributed by atoms with van der Waals surface area (Å²) >= 11 is 6.21. The Balaban J connectivity index is 1.55. The van der Waals surface area contributed by atoms with Crippen molar-refractivity contribution < 1.29 is 27.5 Å². The van der Waals surface area contributed by atoms with Crippen LogP contribution in [0.3, 0.4) is 0 Å². The van der Waals surface area contributed by atoms with Gasteiger partial charge in [0.05, 0.1) is 17.0 Å². The number of alkyl halides is 3. The average Bonchev–Trinajstić information content (AvgIpc) is 3.25. The highest BCUT2D eigenvalue weighted by atomic mass is 35.5. The molecular weight excluding hydrogens is 503 g/mol. The van der Waals surface area contributed by atoms with Crippen molar-refractivity contribution in [2.45, 2.75) is 38.4 Å². The molecule has 0 fully saturated rings. The van der Waals surface area contributed by atoms with Crippen LogP contribution in [-0.2, 0) is 30.4 Å². The fourth-order valence-electron chi connectivity index (χ4n) is 4.49. The number of carboxylic acid groups (broad SMARTS) is 1. The minimum absolute atomic E-state index is 0.0701. The Labute approximate surface area is 218 Å². The minimum Gasteiger partial charge on any atom is -0.481 e. The molecule has 8 heteroatoms. The third-order valence-corrected chi connectivity index (χ3v) is 6.79. The normalized spacial score (nSPS) is 12.8. The first kappa shape index (κ1) is 26.8. The largest absolute Gasteiger partial charge is 0.481 e. The van der Waals surface area contributed by atoms with Crippen LogP contribution in [0.2, 0.25) is 5.02 Å². The molecule has 4 nitrogen and oxygen atoms in total. The maximum Gasteiger partial charge on any atom is 0.417 e. The molecule has 3 aromatic carbocycles. The molecule has 1 heterocycles. The van der Waals surface area contributed by atoms with Crippen molar-refractivity contribution in [3.05, 3.63) is 106 Å². The van der Waals surface area contributed by atoms with Crippen LogP contribution >= 0.6 is 11.6 Å². The second-order valence-electron chi connectivity index (χ2n) is 9.23. The van der Waals surface area contributed by atoms with E-state index in [0.717, 1.165) is 22.8 Å². The van der Waals surface area contributed by atoms with E-state index in [9.17, 15) is 18.0 Å². The van der Waals surface area contributed by atoms with Crippen LogP contribution in [0.15, 0.2) is 77.2 Å². The summed E-state index contributed by atoms with van der Waals surface area (Å²) in [5, 5.41) is 9.59. The monoisotopic (exact) mass is 529 g/mol. The van der Waals surface area contributed by atoms with E-state index in [-0.39, 0.29) is 23.9 Å². The first-order valence-electron chi connectivity index (χ1n) is 11.9. The number of rotatable bonds is 10. The molecule has 4 rings (SSSR count). The number of hydrogen-bond donors (Lipinski definition) is 1. The second kappa shape index (κ2) is 11.4. The molecule has 1 N–H and O–H groups in total. The van der Waals surface area contributed by atoms with Gasteiger partial charge in [0, 0.05) is 31.4 Å². The molecule has 0 bridgehead atoms. The van der Waals surface area contributed by atoms with E-state index in [2.05, 4.69) is 11.8 Å². The Morgan fingerprint density at radius 3 is 2.51 bits per heavy atom. The molecule has 4 aromatic rings. The minimum atomic E-state index is -4.52. The predicted octanol–water partition coefficient (Wildman–Crippen LogP) is 7.58. The van der Waals surface area contributed by atoms with Crippen molar-refractivity contribution in [3.8, 4) is 0 Å². The van der Waals surface area contributed by atoms with Gasteiger partial charge in [-0.25, -0.2) is 0 Å². The number of nitrogens with zero attached hydrogens (tertiary/aromatic N) is 1. The zero-order valence-electron chi connectivity index (χ0n) is 20.3. The average molecular weight is 530 g/mol. The molecular formula is C29H27ClF3NO3. The molecule has 0 saturated carbocycles. The van der Waals surface area contributed by atoms with Gasteiger partial charge in [0.15, 0.2) is 0 Å². The SMILES string of the molecule is CC(CN(CCc1cc2cc(CC(=O)O)ccc2o1)Cc1cccc(C(F)(F)F)c1Cl)c1ccccc1. The smallest absolute Gasteiger partial charge is 0.417 e. The second-order valence-corrected chi connectivity index (χ2v) is 9.61. The first-order valence-corrected chi connectivity index (χ1v) is 12.3. The number of fused-ring (bicyclic) bond motifs is 1. The van der Waals surface area contributed by atoms with Gasteiger partial charge in [-0.3, -0.25) is 9.69 Å². The Hall–Kier alpha value is -3.29. The fourth-order valence-corrected chi connectivity index (χ4v) is 4.79. The van der Waals surface area contributed by atoms with Crippen molar-refractivity contribution in [1.29, 1.82) is 0 Å². The topological polar surface area (TPSA) is 53.7 Å². The number of aliphatic carboxylic acids is 1. The van der Waals surface area contributed by atoms with Crippen LogP contribution < -0.4 is 0 Å². The summed E-state index contributed by atoms with van der Waals surface area (Å²) < 4.78 is 46.2. The van der Waals surface area contributed by atoms with Gasteiger partial charge in [0.1, 0.15) is 11.3 Å². The van der Waals surface area contributed by atoms with E-state index in [1.54, 1.807) is 24.3 Å². The third kappa shape index (κ3) is 6.93. The van der Waals surface area contributed by atoms with Crippen molar-refractivity contribution in [3.63, 3.8) is 0 Å². The lowest BCUT2D eigenvalue weighted by molar-refractivity contribution is -0.138. The third-order valence-electron chi connectivity index (χ3n) is 6.34. The number of halogens is 4. The maximum absolute atomic E-state index is 13.4. The molecule has 0 saturated heterocycles. The summed E-state index contributed by atoms with van der Waals surface area (Å²) in [5.74, 6) is -0.0468. The van der Waals surface area contributed by atoms with Gasteiger partial charge in [-0.15, -0.1) is 0 Å². The van der Waals surface area contributed by atoms with Gasteiger partial charge in [0.2, 0.25) is 0 Å². The lowest BCUT2D eigenvalue weighted by Crippen LogP contribution is -2.30. The Bertz CT molecular complexity index is 1370. The molecule has 0 aliphatic rings. The van der Waals surface area contributed by atoms with Gasteiger partial charge < -0.3 is 9.52 Å². The van der Waals surface area contributed by atoms with Gasteiger partial charge in [-0.1, -0.05) is 67.1 Å². The standard InChI is InChI=1S/C29H27ClF3NO3/c1-19(21-6-3-2-4-7-21)17-34(18-22-8-5-9-25(28(22)30)29(31,32)33)13-12-24-16-23-14-20(15-27(35)36)10-11-26(23)37-24/h2-11,14,16,19H,12-13,15,17-18H2,1H3,(H,35,36). The highest BCUT2D eigenvalue weighted by Gasteiger charge is 2.34. The lowest BCUT2D eigenvalue weighted by atomic mass is 10.00. The highest BCUT2D eigenvalue weighted by Crippen LogP contribution is 2.36. The molecule has 1 aromatic heterocycles. The van der Waals surface area contributed by atoms with Crippen LogP contribution in [0.5, 0.6) is 0 Å². The Kier molecular flexibility index (Phi) is 8.25. The van der Waals surface area contributed by atoms with E-state index in [4.69, 9.17) is 21.1 Å². The molecule has 0 radical (unpaired) electrons. The summed E-state index contributed by atoms with van der Waals surface area (Å²) in [6, 6.07) is 21.1. The van der Waals surface area contributed by atoms with Gasteiger partial charge in [-0.05, 0) is 46.9 Å². The lowest BCUT2D eigenvalue weighted by Gasteiger charge is -2.27. The van der Waals surface area contributed by atoms with E-state index in [0.29, 0.717) is 36.2 Å². The Morgan fingerprint density at radius 2 is 1.81 bits per heavy atom. The van der Waals surface area contributed by atoms with Crippen LogP contribution in [-0.4, -0.2) is 29.1 Å². The van der Waals surface area contributed by atoms with Gasteiger partial charge in [-0.2, -0.15) is 13.2 Å². The summed E-state index contributed by atoms with van der Waals surface area (Å²) in [4.78, 5) is 13.1. The van der Waals surface area contributed by atoms with Crippen LogP contribution in [0.1, 0.15) is 40.9 Å². The molecule has 0 amide bonds. The Morgan fingerprint density at radius 1 is 1.05 bits per heavy atom. The van der Waals surface area contributed by atoms with E-state index < -0.39 is 17.7 Å². The van der Waals surface area contributed by atoms with E-state index in [1.807, 2.05) is 36.4 Å². The maximum atomic E-state index is 13.4. The van der Waals surface area contributed by atoms with Crippen molar-refractivity contribution in [2.24, 2.45) is 0 Å². The number of furan rings is 1. The number of carboxylic acids is 1. The quantitative estimate of drug-likeness (QED) is 0.230. The molecule has 1 atom stereocenters. The molecule has 1 unspecified atom stereocenters. The highest BCUT2D eigenvalue weighted by molar-refractivity contribution is 6.32. The molecule has 194 valence electrons. The summed E-state index contributed by atoms with van der Waals surface area (Å²) in [7, 11) is 0. The summed E-state index contributed by atoms with van der Waals surface area (Å²) in [6.45, 7) is 3.48. The fraction of sp³-hybridized carbons (Fsp3) is 0.276. The molecule has 0 aliphatic heterocycles. The number of benzene rings is 3. The van der Waals surface area contributed by atoms with Crippen molar-refractivity contribution >= 4 is 28.5 Å². The van der Waals surface area contributed by atoms with Crippen LogP contribution in [0.4, 0.5) is 13.2 Å². The number of hydrogen-bond acceptors (Lipinski definition) is 3. The van der Waals surface area contributed by atoms with Crippen molar-refractivity contribution in [1.82, 2.24) is 4.90 Å². The predicted molar refractivity (Wildman–Crippen MR) is 138 cm³/mol. The van der Waals surface area contributed by atoms with Crippen LogP contribution in [0.25, 0.3) is 11.0 Å². The summed E-state index contributed by atoms with van der Waals surface area (Å²) in [6.07, 6.45) is -4.07. The van der Waals surface area contributed by atoms with Crippen LogP contribution in [0, 0.1) is 0 Å². The molecule has 37 heavy (non-hydrogen) atoms. The number of carbonyl (C=O) groups is 1. The molecule has 0 spiro atoms. The zero-order chi connectivity index (χ0) is 26.6. The van der Waals surface area contributed by atoms with Crippen molar-refractivity contribution in [2.75, 3.05) is 13.1 Å². The van der Waals surface area contributed by atoms with Gasteiger partial charge in [0.25, 0.3) is 0 Å². The first-order chi connectivity index (χ1) is 17.6. The molecule has 0 aliphatic carbocycles. The van der Waals surface area contributed by atoms with E-state index >= 15 is 0 Å². The van der Waals surface area contributed by atoms with E-state index in [1.165, 1.54) is 6.07 Å².